The fraction of sp³-hybridized carbons (Fsp3) is 0.385. The molecule has 2 N–H and O–H groups in total. The van der Waals surface area contributed by atoms with Gasteiger partial charge in [-0.2, -0.15) is 14.6 Å². The van der Waals surface area contributed by atoms with Crippen LogP contribution in [0.3, 0.4) is 0 Å². The van der Waals surface area contributed by atoms with Crippen LogP contribution in [0.15, 0.2) is 48.7 Å². The topological polar surface area (TPSA) is 103 Å². The number of aromatic nitrogens is 6. The van der Waals surface area contributed by atoms with Crippen LogP contribution in [0.25, 0.3) is 22.3 Å². The Morgan fingerprint density at radius 2 is 1.83 bits per heavy atom. The average Bonchev–Trinajstić information content (AvgIpc) is 3.67. The lowest BCUT2D eigenvalue weighted by Crippen LogP contribution is -2.47. The molecule has 0 saturated carbocycles. The van der Waals surface area contributed by atoms with Crippen LogP contribution in [0, 0.1) is 0 Å². The van der Waals surface area contributed by atoms with E-state index in [1.54, 1.807) is 4.52 Å². The molecule has 186 valence electrons. The molecule has 0 unspecified atom stereocenters. The summed E-state index contributed by atoms with van der Waals surface area (Å²) in [5.41, 5.74) is 10.0. The first-order valence-corrected chi connectivity index (χ1v) is 12.6. The van der Waals surface area contributed by atoms with Crippen molar-refractivity contribution in [3.05, 3.63) is 54.5 Å². The van der Waals surface area contributed by atoms with E-state index in [1.807, 2.05) is 23.0 Å². The molecule has 10 heteroatoms. The molecule has 2 aliphatic rings. The van der Waals surface area contributed by atoms with Gasteiger partial charge in [0.2, 0.25) is 5.95 Å². The molecular formula is C26H31N9O. The van der Waals surface area contributed by atoms with Crippen LogP contribution >= 0.6 is 0 Å². The van der Waals surface area contributed by atoms with Crippen molar-refractivity contribution >= 4 is 33.9 Å². The molecule has 1 aliphatic carbocycles. The lowest BCUT2D eigenvalue weighted by atomic mass is 10.2. The number of nitrogens with zero attached hydrogens (tertiary/aromatic N) is 8. The minimum Gasteiger partial charge on any atom is -0.494 e. The second kappa shape index (κ2) is 9.62. The summed E-state index contributed by atoms with van der Waals surface area (Å²) in [6.07, 6.45) is 9.82. The molecule has 3 aromatic heterocycles. The van der Waals surface area contributed by atoms with Crippen LogP contribution in [0.5, 0.6) is 5.75 Å². The number of allylic oxidation sites excluding steroid dienone is 4. The highest BCUT2D eigenvalue weighted by molar-refractivity contribution is 5.90. The Labute approximate surface area is 209 Å². The van der Waals surface area contributed by atoms with E-state index in [-0.39, 0.29) is 0 Å². The molecule has 1 saturated heterocycles. The summed E-state index contributed by atoms with van der Waals surface area (Å²) in [5.74, 6) is 1.95. The Balaban J connectivity index is 1.10. The Kier molecular flexibility index (Phi) is 6.02. The molecule has 0 radical (unpaired) electrons. The first-order valence-electron chi connectivity index (χ1n) is 12.6. The molecule has 10 nitrogen and oxygen atoms in total. The molecule has 36 heavy (non-hydrogen) atoms. The fourth-order valence-electron chi connectivity index (χ4n) is 4.81. The van der Waals surface area contributed by atoms with Gasteiger partial charge in [-0.15, -0.1) is 5.10 Å². The predicted molar refractivity (Wildman–Crippen MR) is 141 cm³/mol. The minimum atomic E-state index is 0.323. The average molecular weight is 486 g/mol. The van der Waals surface area contributed by atoms with Gasteiger partial charge in [-0.05, 0) is 37.1 Å². The first-order chi connectivity index (χ1) is 17.7. The van der Waals surface area contributed by atoms with Gasteiger partial charge in [0.25, 0.3) is 0 Å². The molecule has 4 aromatic rings. The molecule has 0 atom stereocenters. The molecule has 0 amide bonds. The molecule has 1 aromatic carbocycles. The van der Waals surface area contributed by atoms with Gasteiger partial charge in [0.15, 0.2) is 17.1 Å². The lowest BCUT2D eigenvalue weighted by molar-refractivity contribution is 0.245. The number of rotatable bonds is 8. The lowest BCUT2D eigenvalue weighted by Gasteiger charge is -2.36. The van der Waals surface area contributed by atoms with Crippen molar-refractivity contribution in [2.75, 3.05) is 50.0 Å². The minimum absolute atomic E-state index is 0.323. The zero-order chi connectivity index (χ0) is 24.5. The zero-order valence-electron chi connectivity index (χ0n) is 20.5. The molecule has 0 bridgehead atoms. The van der Waals surface area contributed by atoms with Crippen molar-refractivity contribution < 1.29 is 4.74 Å². The van der Waals surface area contributed by atoms with Gasteiger partial charge in [0, 0.05) is 44.0 Å². The number of anilines is 2. The third-order valence-electron chi connectivity index (χ3n) is 6.83. The highest BCUT2D eigenvalue weighted by atomic mass is 16.5. The molecule has 4 heterocycles. The van der Waals surface area contributed by atoms with Crippen LogP contribution in [0.4, 0.5) is 11.6 Å². The highest BCUT2D eigenvalue weighted by Gasteiger charge is 2.20. The summed E-state index contributed by atoms with van der Waals surface area (Å²) < 4.78 is 9.25. The van der Waals surface area contributed by atoms with E-state index in [9.17, 15) is 0 Å². The smallest absolute Gasteiger partial charge is 0.225 e. The number of nitrogens with two attached hydrogens (primary N) is 1. The van der Waals surface area contributed by atoms with Gasteiger partial charge in [-0.1, -0.05) is 25.2 Å². The van der Waals surface area contributed by atoms with E-state index in [0.717, 1.165) is 81.1 Å². The number of ether oxygens (including phenoxy) is 1. The maximum atomic E-state index is 6.25. The third-order valence-corrected chi connectivity index (χ3v) is 6.83. The molecule has 1 fully saturated rings. The quantitative estimate of drug-likeness (QED) is 0.406. The van der Waals surface area contributed by atoms with Crippen molar-refractivity contribution in [3.8, 4) is 5.75 Å². The number of nitrogen functional groups attached to an aromatic ring is 1. The molecule has 6 rings (SSSR count). The largest absolute Gasteiger partial charge is 0.494 e. The number of hydrogen-bond donors (Lipinski definition) is 1. The number of benzene rings is 1. The summed E-state index contributed by atoms with van der Waals surface area (Å²) in [5, 5.41) is 10.1. The zero-order valence-corrected chi connectivity index (χ0v) is 20.5. The maximum absolute atomic E-state index is 6.25. The Hall–Kier alpha value is -3.92. The van der Waals surface area contributed by atoms with Crippen molar-refractivity contribution in [2.45, 2.75) is 26.3 Å². The highest BCUT2D eigenvalue weighted by Crippen LogP contribution is 2.25. The summed E-state index contributed by atoms with van der Waals surface area (Å²) in [7, 11) is 0. The van der Waals surface area contributed by atoms with Gasteiger partial charge in [0.1, 0.15) is 5.75 Å². The van der Waals surface area contributed by atoms with Gasteiger partial charge in [-0.25, -0.2) is 9.67 Å². The van der Waals surface area contributed by atoms with Crippen LogP contribution < -0.4 is 15.4 Å². The van der Waals surface area contributed by atoms with Gasteiger partial charge in [0.05, 0.1) is 24.7 Å². The number of piperazine rings is 1. The Morgan fingerprint density at radius 1 is 1.00 bits per heavy atom. The third kappa shape index (κ3) is 4.28. The fourth-order valence-corrected chi connectivity index (χ4v) is 4.81. The van der Waals surface area contributed by atoms with E-state index >= 15 is 0 Å². The van der Waals surface area contributed by atoms with E-state index < -0.39 is 0 Å². The number of fused-ring (bicyclic) bond motifs is 3. The van der Waals surface area contributed by atoms with E-state index in [4.69, 9.17) is 15.5 Å². The van der Waals surface area contributed by atoms with E-state index in [2.05, 4.69) is 62.2 Å². The second-order valence-corrected chi connectivity index (χ2v) is 9.24. The second-order valence-electron chi connectivity index (χ2n) is 9.24. The summed E-state index contributed by atoms with van der Waals surface area (Å²) in [6.45, 7) is 8.51. The van der Waals surface area contributed by atoms with Crippen molar-refractivity contribution in [1.29, 1.82) is 0 Å². The van der Waals surface area contributed by atoms with Crippen LogP contribution in [-0.4, -0.2) is 73.6 Å². The summed E-state index contributed by atoms with van der Waals surface area (Å²) in [4.78, 5) is 14.3. The Morgan fingerprint density at radius 3 is 2.58 bits per heavy atom. The Bertz CT molecular complexity index is 1430. The molecular weight excluding hydrogens is 454 g/mol. The summed E-state index contributed by atoms with van der Waals surface area (Å²) >= 11 is 0. The van der Waals surface area contributed by atoms with Gasteiger partial charge in [-0.3, -0.25) is 4.90 Å². The van der Waals surface area contributed by atoms with Crippen LogP contribution in [-0.2, 0) is 6.54 Å². The normalized spacial score (nSPS) is 16.4. The van der Waals surface area contributed by atoms with Crippen LogP contribution in [0.2, 0.25) is 0 Å². The SMILES string of the molecule is CCCOc1ccc(N2CCN(CCn3ncc4c3nc(N)n3nc(C5=CC=CC5)nc43)CC2)cc1. The molecule has 0 spiro atoms. The number of hydrogen-bond acceptors (Lipinski definition) is 8. The van der Waals surface area contributed by atoms with Crippen LogP contribution in [0.1, 0.15) is 25.6 Å². The van der Waals surface area contributed by atoms with E-state index in [1.165, 1.54) is 5.69 Å². The van der Waals surface area contributed by atoms with Crippen molar-refractivity contribution in [2.24, 2.45) is 0 Å². The van der Waals surface area contributed by atoms with Crippen molar-refractivity contribution in [3.63, 3.8) is 0 Å². The molecule has 1 aliphatic heterocycles. The standard InChI is InChI=1S/C26H31N9O/c1-2-17-36-21-9-7-20(8-10-21)33-14-11-32(12-15-33)13-16-34-24-22(18-28-34)25-29-23(19-5-3-4-6-19)31-35(25)26(27)30-24/h3-5,7-10,18H,2,6,11-17H2,1H3,(H2,27,30). The first kappa shape index (κ1) is 22.5. The summed E-state index contributed by atoms with van der Waals surface area (Å²) in [6, 6.07) is 8.44. The predicted octanol–water partition coefficient (Wildman–Crippen LogP) is 3.01. The van der Waals surface area contributed by atoms with E-state index in [0.29, 0.717) is 17.4 Å². The van der Waals surface area contributed by atoms with Crippen molar-refractivity contribution in [1.82, 2.24) is 34.3 Å². The monoisotopic (exact) mass is 485 g/mol. The maximum Gasteiger partial charge on any atom is 0.225 e. The van der Waals surface area contributed by atoms with Gasteiger partial charge < -0.3 is 15.4 Å². The van der Waals surface area contributed by atoms with Gasteiger partial charge >= 0.3 is 0 Å².